The summed E-state index contributed by atoms with van der Waals surface area (Å²) in [5.41, 5.74) is -0.00681. The number of hydrogen-bond acceptors (Lipinski definition) is 4. The molecule has 1 unspecified atom stereocenters. The third-order valence-corrected chi connectivity index (χ3v) is 3.46. The molecule has 0 saturated heterocycles. The molecule has 0 spiro atoms. The van der Waals surface area contributed by atoms with Crippen molar-refractivity contribution in [2.45, 2.75) is 12.2 Å². The van der Waals surface area contributed by atoms with E-state index in [1.807, 2.05) is 0 Å². The molecule has 0 fully saturated rings. The van der Waals surface area contributed by atoms with E-state index >= 15 is 0 Å². The number of amides is 1. The quantitative estimate of drug-likeness (QED) is 0.710. The van der Waals surface area contributed by atoms with Gasteiger partial charge in [0.15, 0.2) is 0 Å². The molecular weight excluding hydrogens is 373 g/mol. The number of aromatic nitrogens is 2. The van der Waals surface area contributed by atoms with E-state index in [4.69, 9.17) is 4.74 Å². The van der Waals surface area contributed by atoms with Gasteiger partial charge in [-0.05, 0) is 31.3 Å². The molecule has 1 atom stereocenters. The lowest BCUT2D eigenvalue weighted by Gasteiger charge is -2.15. The Morgan fingerprint density at radius 3 is 2.46 bits per heavy atom. The van der Waals surface area contributed by atoms with Crippen LogP contribution in [0.2, 0.25) is 0 Å². The molecule has 0 aliphatic rings. The molecule has 0 radical (unpaired) electrons. The summed E-state index contributed by atoms with van der Waals surface area (Å²) >= 11 is 0. The van der Waals surface area contributed by atoms with E-state index in [1.54, 1.807) is 31.2 Å². The van der Waals surface area contributed by atoms with E-state index in [-0.39, 0.29) is 31.5 Å². The summed E-state index contributed by atoms with van der Waals surface area (Å²) in [7, 11) is 3.42. The first-order valence-electron chi connectivity index (χ1n) is 7.55. The number of nitrogens with zero attached hydrogens (tertiary/aromatic N) is 2. The molecule has 10 heteroatoms. The minimum atomic E-state index is -4.37. The van der Waals surface area contributed by atoms with Gasteiger partial charge in [0.25, 0.3) is 0 Å². The van der Waals surface area contributed by atoms with Crippen molar-refractivity contribution in [3.05, 3.63) is 47.8 Å². The first kappa shape index (κ1) is 21.8. The number of alkyl halides is 3. The number of ether oxygens (including phenoxy) is 1. The molecule has 2 N–H and O–H groups in total. The van der Waals surface area contributed by atoms with Crippen LogP contribution in [-0.4, -0.2) is 35.9 Å². The third-order valence-electron chi connectivity index (χ3n) is 3.46. The highest BCUT2D eigenvalue weighted by atomic mass is 35.5. The zero-order valence-electron chi connectivity index (χ0n) is 14.2. The molecule has 0 saturated carbocycles. The van der Waals surface area contributed by atoms with Crippen molar-refractivity contribution in [2.75, 3.05) is 20.2 Å². The Balaban J connectivity index is 0.00000338. The smallest absolute Gasteiger partial charge is 0.416 e. The zero-order chi connectivity index (χ0) is 18.4. The van der Waals surface area contributed by atoms with Crippen molar-refractivity contribution in [3.63, 3.8) is 0 Å². The van der Waals surface area contributed by atoms with Crippen LogP contribution in [0.15, 0.2) is 36.7 Å². The van der Waals surface area contributed by atoms with Gasteiger partial charge < -0.3 is 15.4 Å². The van der Waals surface area contributed by atoms with Crippen LogP contribution in [0.5, 0.6) is 5.75 Å². The Bertz CT molecular complexity index is 704. The Kier molecular flexibility index (Phi) is 7.91. The Hall–Kier alpha value is -2.26. The normalized spacial score (nSPS) is 12.2. The average Bonchev–Trinajstić information content (AvgIpc) is 2.98. The average molecular weight is 393 g/mol. The van der Waals surface area contributed by atoms with Crippen molar-refractivity contribution in [3.8, 4) is 5.75 Å². The van der Waals surface area contributed by atoms with Gasteiger partial charge in [-0.1, -0.05) is 0 Å². The highest BCUT2D eigenvalue weighted by Gasteiger charge is 2.30. The summed E-state index contributed by atoms with van der Waals surface area (Å²) < 4.78 is 44.3. The number of rotatable bonds is 7. The molecule has 2 rings (SSSR count). The molecule has 1 amide bonds. The summed E-state index contributed by atoms with van der Waals surface area (Å²) in [4.78, 5) is 12.2. The lowest BCUT2D eigenvalue weighted by Crippen LogP contribution is -2.37. The van der Waals surface area contributed by atoms with Gasteiger partial charge in [0.2, 0.25) is 5.91 Å². The van der Waals surface area contributed by atoms with Gasteiger partial charge >= 0.3 is 6.18 Å². The number of carbonyl (C=O) groups is 1. The minimum Gasteiger partial charge on any atom is -0.492 e. The van der Waals surface area contributed by atoms with Crippen molar-refractivity contribution in [1.29, 1.82) is 0 Å². The lowest BCUT2D eigenvalue weighted by atomic mass is 10.1. The van der Waals surface area contributed by atoms with E-state index in [2.05, 4.69) is 15.7 Å². The summed E-state index contributed by atoms with van der Waals surface area (Å²) in [6.45, 7) is 0.360. The Morgan fingerprint density at radius 1 is 1.31 bits per heavy atom. The molecule has 2 aromatic rings. The predicted octanol–water partition coefficient (Wildman–Crippen LogP) is 2.32. The van der Waals surface area contributed by atoms with Crippen molar-refractivity contribution >= 4 is 18.3 Å². The first-order valence-corrected chi connectivity index (χ1v) is 7.55. The van der Waals surface area contributed by atoms with Crippen molar-refractivity contribution < 1.29 is 22.7 Å². The molecule has 1 aromatic carbocycles. The maximum absolute atomic E-state index is 12.5. The van der Waals surface area contributed by atoms with Crippen LogP contribution in [0.25, 0.3) is 0 Å². The third kappa shape index (κ3) is 5.92. The predicted molar refractivity (Wildman–Crippen MR) is 92.2 cm³/mol. The van der Waals surface area contributed by atoms with Crippen molar-refractivity contribution in [1.82, 2.24) is 20.4 Å². The van der Waals surface area contributed by atoms with Gasteiger partial charge in [0, 0.05) is 18.8 Å². The van der Waals surface area contributed by atoms with Crippen LogP contribution in [0.1, 0.15) is 17.2 Å². The van der Waals surface area contributed by atoms with Gasteiger partial charge in [-0.15, -0.1) is 12.4 Å². The molecule has 0 bridgehead atoms. The van der Waals surface area contributed by atoms with E-state index < -0.39 is 17.8 Å². The molecule has 0 aliphatic heterocycles. The summed E-state index contributed by atoms with van der Waals surface area (Å²) in [6.07, 6.45) is -1.04. The first-order chi connectivity index (χ1) is 11.8. The van der Waals surface area contributed by atoms with E-state index in [0.717, 1.165) is 17.7 Å². The monoisotopic (exact) mass is 392 g/mol. The van der Waals surface area contributed by atoms with Crippen LogP contribution in [0.4, 0.5) is 13.2 Å². The topological polar surface area (TPSA) is 68.2 Å². The highest BCUT2D eigenvalue weighted by molar-refractivity contribution is 5.85. The van der Waals surface area contributed by atoms with Gasteiger partial charge in [0.1, 0.15) is 18.4 Å². The van der Waals surface area contributed by atoms with E-state index in [9.17, 15) is 18.0 Å². The second kappa shape index (κ2) is 9.44. The maximum atomic E-state index is 12.5. The van der Waals surface area contributed by atoms with Gasteiger partial charge in [-0.25, -0.2) is 0 Å². The van der Waals surface area contributed by atoms with Crippen LogP contribution < -0.4 is 15.4 Å². The Morgan fingerprint density at radius 2 is 1.96 bits per heavy atom. The molecule has 26 heavy (non-hydrogen) atoms. The minimum absolute atomic E-state index is 0. The van der Waals surface area contributed by atoms with Gasteiger partial charge in [0.05, 0.1) is 18.3 Å². The zero-order valence-corrected chi connectivity index (χ0v) is 15.0. The van der Waals surface area contributed by atoms with Crippen LogP contribution in [-0.2, 0) is 18.0 Å². The number of likely N-dealkylation sites (N-methyl/N-ethyl adjacent to an activating group) is 1. The standard InChI is InChI=1S/C16H19F3N4O2.ClH/c1-20-14(11-9-22-23(2)10-11)15(24)21-7-8-25-13-5-3-12(4-6-13)16(17,18)19;/h3-6,9-10,14,20H,7-8H2,1-2H3,(H,21,24);1H. The highest BCUT2D eigenvalue weighted by Crippen LogP contribution is 2.30. The fraction of sp³-hybridized carbons (Fsp3) is 0.375. The number of aryl methyl sites for hydroxylation is 1. The molecule has 6 nitrogen and oxygen atoms in total. The molecule has 1 aromatic heterocycles. The number of hydrogen-bond donors (Lipinski definition) is 2. The number of halogens is 4. The maximum Gasteiger partial charge on any atom is 0.416 e. The number of carbonyl (C=O) groups excluding carboxylic acids is 1. The molecule has 1 heterocycles. The fourth-order valence-electron chi connectivity index (χ4n) is 2.22. The number of benzene rings is 1. The van der Waals surface area contributed by atoms with Crippen LogP contribution in [0, 0.1) is 0 Å². The largest absolute Gasteiger partial charge is 0.492 e. The summed E-state index contributed by atoms with van der Waals surface area (Å²) in [6, 6.07) is 3.86. The van der Waals surface area contributed by atoms with Crippen LogP contribution >= 0.6 is 12.4 Å². The van der Waals surface area contributed by atoms with Gasteiger partial charge in [-0.3, -0.25) is 9.48 Å². The second-order valence-electron chi connectivity index (χ2n) is 5.33. The molecule has 0 aliphatic carbocycles. The lowest BCUT2D eigenvalue weighted by molar-refractivity contribution is -0.137. The summed E-state index contributed by atoms with van der Waals surface area (Å²) in [5, 5.41) is 9.62. The second-order valence-corrected chi connectivity index (χ2v) is 5.33. The van der Waals surface area contributed by atoms with E-state index in [0.29, 0.717) is 5.75 Å². The van der Waals surface area contributed by atoms with E-state index in [1.165, 1.54) is 12.1 Å². The molecular formula is C16H20ClF3N4O2. The summed E-state index contributed by atoms with van der Waals surface area (Å²) in [5.74, 6) is 0.0613. The van der Waals surface area contributed by atoms with Crippen LogP contribution in [0.3, 0.4) is 0 Å². The SMILES string of the molecule is CNC(C(=O)NCCOc1ccc(C(F)(F)F)cc1)c1cnn(C)c1.Cl. The molecule has 144 valence electrons. The Labute approximate surface area is 155 Å². The van der Waals surface area contributed by atoms with Crippen molar-refractivity contribution in [2.24, 2.45) is 7.05 Å². The fourth-order valence-corrected chi connectivity index (χ4v) is 2.22. The number of nitrogens with one attached hydrogen (secondary N) is 2. The van der Waals surface area contributed by atoms with Gasteiger partial charge in [-0.2, -0.15) is 18.3 Å².